The first-order valence-electron chi connectivity index (χ1n) is 15.5. The summed E-state index contributed by atoms with van der Waals surface area (Å²) in [4.78, 5) is 29.6. The van der Waals surface area contributed by atoms with Crippen molar-refractivity contribution >= 4 is 26.5 Å². The maximum atomic E-state index is 15.0. The number of aromatic nitrogens is 1. The molecule has 0 N–H and O–H groups in total. The van der Waals surface area contributed by atoms with Crippen molar-refractivity contribution in [3.63, 3.8) is 0 Å². The highest BCUT2D eigenvalue weighted by Gasteiger charge is 2.55. The number of ether oxygens (including phenoxy) is 1. The van der Waals surface area contributed by atoms with E-state index in [1.807, 2.05) is 54.6 Å². The Balaban J connectivity index is 1.32. The zero-order valence-electron chi connectivity index (χ0n) is 25.3. The van der Waals surface area contributed by atoms with E-state index in [1.165, 1.54) is 24.3 Å². The number of pyridine rings is 1. The van der Waals surface area contributed by atoms with Crippen LogP contribution in [0.5, 0.6) is 5.75 Å². The second kappa shape index (κ2) is 11.3. The first kappa shape index (κ1) is 29.3. The van der Waals surface area contributed by atoms with E-state index in [1.54, 1.807) is 21.8 Å². The lowest BCUT2D eigenvalue weighted by Gasteiger charge is -2.49. The second-order valence-corrected chi connectivity index (χ2v) is 12.7. The zero-order valence-corrected chi connectivity index (χ0v) is 26.5. The summed E-state index contributed by atoms with van der Waals surface area (Å²) in [7, 11) is 2.57. The van der Waals surface area contributed by atoms with Crippen molar-refractivity contribution in [3.8, 4) is 5.75 Å². The van der Waals surface area contributed by atoms with Crippen LogP contribution in [0.4, 0.5) is 8.78 Å². The van der Waals surface area contributed by atoms with Crippen LogP contribution in [0.25, 0.3) is 6.08 Å². The molecule has 0 fully saturated rings. The quantitative estimate of drug-likeness (QED) is 0.214. The Kier molecular flexibility index (Phi) is 7.07. The van der Waals surface area contributed by atoms with Gasteiger partial charge in [-0.1, -0.05) is 78.9 Å². The van der Waals surface area contributed by atoms with Gasteiger partial charge in [-0.05, 0) is 70.0 Å². The molecule has 9 heteroatoms. The molecule has 8 rings (SSSR count). The molecule has 0 saturated heterocycles. The molecule has 2 aliphatic carbocycles. The average molecular weight is 646 g/mol. The number of benzene rings is 4. The molecule has 1 aliphatic heterocycles. The van der Waals surface area contributed by atoms with Crippen molar-refractivity contribution in [2.45, 2.75) is 25.0 Å². The van der Waals surface area contributed by atoms with Gasteiger partial charge in [-0.25, -0.2) is 8.78 Å². The highest BCUT2D eigenvalue weighted by atomic mass is 31.0. The fourth-order valence-electron chi connectivity index (χ4n) is 7.33. The summed E-state index contributed by atoms with van der Waals surface area (Å²) in [5.41, 5.74) is 5.27. The first-order valence-corrected chi connectivity index (χ1v) is 16.1. The Morgan fingerprint density at radius 3 is 2.47 bits per heavy atom. The summed E-state index contributed by atoms with van der Waals surface area (Å²) >= 11 is 0. The predicted molar refractivity (Wildman–Crippen MR) is 180 cm³/mol. The molecule has 1 amide bonds. The van der Waals surface area contributed by atoms with Crippen LogP contribution in [0.15, 0.2) is 114 Å². The van der Waals surface area contributed by atoms with Crippen LogP contribution in [0.3, 0.4) is 0 Å². The number of amides is 1. The van der Waals surface area contributed by atoms with E-state index in [0.29, 0.717) is 18.1 Å². The fourth-order valence-corrected chi connectivity index (χ4v) is 7.68. The van der Waals surface area contributed by atoms with Gasteiger partial charge in [0.1, 0.15) is 30.4 Å². The van der Waals surface area contributed by atoms with Gasteiger partial charge in [0.2, 0.25) is 5.43 Å². The number of hydrogen-bond acceptors (Lipinski definition) is 4. The minimum Gasteiger partial charge on any atom is -0.482 e. The number of carbonyl (C=O) groups is 1. The Hall–Kier alpha value is -5.07. The van der Waals surface area contributed by atoms with Crippen molar-refractivity contribution < 1.29 is 18.3 Å². The lowest BCUT2D eigenvalue weighted by Crippen LogP contribution is -2.62. The summed E-state index contributed by atoms with van der Waals surface area (Å²) in [5.74, 6) is -1.06. The van der Waals surface area contributed by atoms with Crippen LogP contribution in [-0.2, 0) is 25.0 Å². The summed E-state index contributed by atoms with van der Waals surface area (Å²) in [5, 5.41) is 2.60. The molecule has 1 aromatic heterocycles. The smallest absolute Gasteiger partial charge is 0.277 e. The van der Waals surface area contributed by atoms with E-state index in [2.05, 4.69) is 32.5 Å². The van der Waals surface area contributed by atoms with E-state index < -0.39 is 11.0 Å². The van der Waals surface area contributed by atoms with Gasteiger partial charge in [0.25, 0.3) is 5.91 Å². The number of halogens is 2. The van der Waals surface area contributed by atoms with Gasteiger partial charge < -0.3 is 9.64 Å². The summed E-state index contributed by atoms with van der Waals surface area (Å²) in [6.07, 6.45) is 4.70. The molecule has 4 aromatic carbocycles. The lowest BCUT2D eigenvalue weighted by atomic mass is 9.83. The van der Waals surface area contributed by atoms with Crippen LogP contribution in [0.2, 0.25) is 0 Å². The number of nitrogens with zero attached hydrogens (tertiary/aromatic N) is 3. The molecule has 3 aliphatic rings. The molecular formula is C38H30F2N3O3P. The first-order chi connectivity index (χ1) is 22.9. The van der Waals surface area contributed by atoms with Crippen LogP contribution in [0.1, 0.15) is 43.9 Å². The van der Waals surface area contributed by atoms with E-state index in [-0.39, 0.29) is 48.8 Å². The third-order valence-corrected chi connectivity index (χ3v) is 10.1. The number of fused-ring (bicyclic) bond motifs is 6. The third kappa shape index (κ3) is 4.62. The average Bonchev–Trinajstić information content (AvgIpc) is 3.58. The van der Waals surface area contributed by atoms with Gasteiger partial charge in [-0.3, -0.25) is 19.3 Å². The number of hydrogen-bond donors (Lipinski definition) is 0. The van der Waals surface area contributed by atoms with E-state index in [4.69, 9.17) is 4.74 Å². The van der Waals surface area contributed by atoms with Crippen molar-refractivity contribution in [1.82, 2.24) is 9.58 Å². The van der Waals surface area contributed by atoms with Crippen LogP contribution in [-0.4, -0.2) is 28.7 Å². The highest BCUT2D eigenvalue weighted by molar-refractivity contribution is 7.27. The summed E-state index contributed by atoms with van der Waals surface area (Å²) in [6.45, 7) is 0.514. The molecule has 2 heterocycles. The Labute approximate surface area is 272 Å². The topological polar surface area (TPSA) is 54.8 Å². The van der Waals surface area contributed by atoms with Crippen molar-refractivity contribution in [2.75, 3.05) is 18.2 Å². The molecule has 234 valence electrons. The van der Waals surface area contributed by atoms with Gasteiger partial charge in [0, 0.05) is 24.1 Å². The molecule has 0 saturated carbocycles. The van der Waals surface area contributed by atoms with Crippen LogP contribution < -0.4 is 20.5 Å². The van der Waals surface area contributed by atoms with Crippen LogP contribution in [0, 0.1) is 11.6 Å². The molecule has 2 atom stereocenters. The van der Waals surface area contributed by atoms with Crippen molar-refractivity contribution in [1.29, 1.82) is 0 Å². The zero-order chi connectivity index (χ0) is 32.3. The summed E-state index contributed by atoms with van der Waals surface area (Å²) < 4.78 is 37.0. The van der Waals surface area contributed by atoms with Gasteiger partial charge in [0.05, 0.1) is 0 Å². The van der Waals surface area contributed by atoms with E-state index in [9.17, 15) is 18.4 Å². The van der Waals surface area contributed by atoms with Gasteiger partial charge in [-0.15, -0.1) is 9.24 Å². The van der Waals surface area contributed by atoms with E-state index >= 15 is 0 Å². The molecule has 0 bridgehead atoms. The Bertz CT molecular complexity index is 2170. The minimum absolute atomic E-state index is 0.0425. The molecule has 5 aromatic rings. The molecule has 47 heavy (non-hydrogen) atoms. The largest absolute Gasteiger partial charge is 0.482 e. The fraction of sp³-hybridized carbons (Fsp3) is 0.158. The van der Waals surface area contributed by atoms with E-state index in [0.717, 1.165) is 39.0 Å². The Morgan fingerprint density at radius 2 is 1.64 bits per heavy atom. The normalized spacial score (nSPS) is 17.6. The maximum Gasteiger partial charge on any atom is 0.277 e. The molecule has 2 unspecified atom stereocenters. The molecule has 0 radical (unpaired) electrons. The number of rotatable bonds is 7. The molecule has 0 spiro atoms. The van der Waals surface area contributed by atoms with Crippen LogP contribution >= 0.6 is 9.24 Å². The monoisotopic (exact) mass is 645 g/mol. The SMILES string of the molecule is O=C1c2c(OCc3ccccc3)c(=O)ccn2N(C23C(=Cc4ccccc42)Cc2c3ccc(F)c2P)CN1CCc1cccc(F)c1. The summed E-state index contributed by atoms with van der Waals surface area (Å²) in [6, 6.07) is 28.7. The number of carbonyl (C=O) groups excluding carboxylic acids is 1. The van der Waals surface area contributed by atoms with Gasteiger partial charge in [-0.2, -0.15) is 0 Å². The predicted octanol–water partition coefficient (Wildman–Crippen LogP) is 5.70. The standard InChI is InChI=1S/C38H30F2N3O3P/c39-28-11-6-9-24(19-28)15-17-41-23-43(42-18-16-33(44)35(34(42)37(41)45)46-22-25-7-2-1-3-8-25)38-27(20-26-10-4-5-12-30(26)38)21-29-31(38)13-14-32(40)36(29)47/h1-14,16,18-20H,15,17,21-23,47H2. The minimum atomic E-state index is -0.900. The molecular weight excluding hydrogens is 615 g/mol. The van der Waals surface area contributed by atoms with Gasteiger partial charge in [0.15, 0.2) is 11.4 Å². The highest BCUT2D eigenvalue weighted by Crippen LogP contribution is 2.55. The van der Waals surface area contributed by atoms with Crippen molar-refractivity contribution in [2.24, 2.45) is 0 Å². The second-order valence-electron chi connectivity index (χ2n) is 12.1. The Morgan fingerprint density at radius 1 is 0.851 bits per heavy atom. The maximum absolute atomic E-state index is 15.0. The third-order valence-electron chi connectivity index (χ3n) is 9.47. The lowest BCUT2D eigenvalue weighted by molar-refractivity contribution is 0.0666. The van der Waals surface area contributed by atoms with Gasteiger partial charge >= 0.3 is 0 Å². The van der Waals surface area contributed by atoms with Crippen molar-refractivity contribution in [3.05, 3.63) is 170 Å². The molecule has 6 nitrogen and oxygen atoms in total.